The van der Waals surface area contributed by atoms with Crippen LogP contribution in [0.3, 0.4) is 0 Å². The number of ether oxygens (including phenoxy) is 1. The highest BCUT2D eigenvalue weighted by Crippen LogP contribution is 2.00. The fourth-order valence-electron chi connectivity index (χ4n) is 1.14. The largest absolute Gasteiger partial charge is 0.374 e. The van der Waals surface area contributed by atoms with Gasteiger partial charge in [-0.05, 0) is 19.9 Å². The van der Waals surface area contributed by atoms with E-state index in [0.29, 0.717) is 13.2 Å². The van der Waals surface area contributed by atoms with Crippen LogP contribution in [-0.4, -0.2) is 22.7 Å². The van der Waals surface area contributed by atoms with E-state index in [0.717, 1.165) is 25.4 Å². The van der Waals surface area contributed by atoms with E-state index in [2.05, 4.69) is 9.55 Å². The van der Waals surface area contributed by atoms with Crippen LogP contribution in [0, 0.1) is 0 Å². The molecular formula is C9H17N3O. The molecule has 0 aliphatic rings. The van der Waals surface area contributed by atoms with Gasteiger partial charge in [-0.2, -0.15) is 0 Å². The van der Waals surface area contributed by atoms with Crippen LogP contribution in [0.1, 0.15) is 19.2 Å². The number of aromatic nitrogens is 2. The standard InChI is InChI=1S/C9H17N3O/c1-2-13-8-9-11-5-7-12(9)6-3-4-10/h5,7H,2-4,6,8,10H2,1H3. The van der Waals surface area contributed by atoms with Crippen LogP contribution in [0.5, 0.6) is 0 Å². The molecule has 4 heteroatoms. The van der Waals surface area contributed by atoms with Crippen molar-refractivity contribution in [1.82, 2.24) is 9.55 Å². The molecule has 13 heavy (non-hydrogen) atoms. The van der Waals surface area contributed by atoms with Crippen molar-refractivity contribution in [2.45, 2.75) is 26.5 Å². The van der Waals surface area contributed by atoms with Crippen LogP contribution in [-0.2, 0) is 17.9 Å². The van der Waals surface area contributed by atoms with Gasteiger partial charge in [0.15, 0.2) is 0 Å². The van der Waals surface area contributed by atoms with E-state index in [4.69, 9.17) is 10.5 Å². The zero-order chi connectivity index (χ0) is 9.52. The molecule has 0 aliphatic carbocycles. The van der Waals surface area contributed by atoms with E-state index in [1.54, 1.807) is 6.20 Å². The molecule has 0 saturated heterocycles. The van der Waals surface area contributed by atoms with Crippen LogP contribution in [0.15, 0.2) is 12.4 Å². The van der Waals surface area contributed by atoms with Crippen LogP contribution in [0.4, 0.5) is 0 Å². The third kappa shape index (κ3) is 3.16. The highest BCUT2D eigenvalue weighted by molar-refractivity contribution is 4.90. The zero-order valence-corrected chi connectivity index (χ0v) is 8.07. The fourth-order valence-corrected chi connectivity index (χ4v) is 1.14. The van der Waals surface area contributed by atoms with Crippen molar-refractivity contribution in [3.63, 3.8) is 0 Å². The quantitative estimate of drug-likeness (QED) is 0.708. The molecule has 74 valence electrons. The summed E-state index contributed by atoms with van der Waals surface area (Å²) in [7, 11) is 0. The van der Waals surface area contributed by atoms with Crippen LogP contribution in [0.2, 0.25) is 0 Å². The lowest BCUT2D eigenvalue weighted by Gasteiger charge is -2.06. The molecule has 0 atom stereocenters. The van der Waals surface area contributed by atoms with Crippen molar-refractivity contribution in [1.29, 1.82) is 0 Å². The van der Waals surface area contributed by atoms with Gasteiger partial charge in [0, 0.05) is 25.5 Å². The molecule has 0 saturated carbocycles. The molecule has 0 aromatic carbocycles. The molecule has 1 aromatic rings. The summed E-state index contributed by atoms with van der Waals surface area (Å²) >= 11 is 0. The van der Waals surface area contributed by atoms with Crippen molar-refractivity contribution in [3.05, 3.63) is 18.2 Å². The first-order valence-corrected chi connectivity index (χ1v) is 4.66. The first-order valence-electron chi connectivity index (χ1n) is 4.66. The predicted molar refractivity (Wildman–Crippen MR) is 51.2 cm³/mol. The summed E-state index contributed by atoms with van der Waals surface area (Å²) in [5, 5.41) is 0. The minimum Gasteiger partial charge on any atom is -0.374 e. The second-order valence-corrected chi connectivity index (χ2v) is 2.82. The summed E-state index contributed by atoms with van der Waals surface area (Å²) < 4.78 is 7.37. The summed E-state index contributed by atoms with van der Waals surface area (Å²) in [6.07, 6.45) is 4.74. The highest BCUT2D eigenvalue weighted by atomic mass is 16.5. The van der Waals surface area contributed by atoms with Gasteiger partial charge in [0.05, 0.1) is 0 Å². The lowest BCUT2D eigenvalue weighted by molar-refractivity contribution is 0.125. The predicted octanol–water partition coefficient (Wildman–Crippen LogP) is 0.768. The summed E-state index contributed by atoms with van der Waals surface area (Å²) in [5.74, 6) is 0.982. The van der Waals surface area contributed by atoms with E-state index in [-0.39, 0.29) is 0 Å². The Morgan fingerprint density at radius 2 is 2.46 bits per heavy atom. The van der Waals surface area contributed by atoms with E-state index in [1.807, 2.05) is 13.1 Å². The molecule has 0 amide bonds. The number of rotatable bonds is 6. The van der Waals surface area contributed by atoms with Gasteiger partial charge in [-0.1, -0.05) is 0 Å². The van der Waals surface area contributed by atoms with E-state index < -0.39 is 0 Å². The van der Waals surface area contributed by atoms with Crippen molar-refractivity contribution < 1.29 is 4.74 Å². The van der Waals surface area contributed by atoms with Gasteiger partial charge in [0.2, 0.25) is 0 Å². The van der Waals surface area contributed by atoms with E-state index >= 15 is 0 Å². The van der Waals surface area contributed by atoms with Crippen molar-refractivity contribution in [2.24, 2.45) is 5.73 Å². The molecule has 1 aromatic heterocycles. The maximum atomic E-state index is 5.43. The number of nitrogens with two attached hydrogens (primary N) is 1. The lowest BCUT2D eigenvalue weighted by atomic mass is 10.4. The molecule has 0 bridgehead atoms. The molecular weight excluding hydrogens is 166 g/mol. The Hall–Kier alpha value is -0.870. The second kappa shape index (κ2) is 5.72. The monoisotopic (exact) mass is 183 g/mol. The molecule has 4 nitrogen and oxygen atoms in total. The average Bonchev–Trinajstić information content (AvgIpc) is 2.59. The normalized spacial score (nSPS) is 10.6. The number of imidazole rings is 1. The molecule has 0 unspecified atom stereocenters. The van der Waals surface area contributed by atoms with Crippen molar-refractivity contribution in [3.8, 4) is 0 Å². The third-order valence-corrected chi connectivity index (χ3v) is 1.84. The summed E-state index contributed by atoms with van der Waals surface area (Å²) in [6, 6.07) is 0. The maximum Gasteiger partial charge on any atom is 0.134 e. The molecule has 1 heterocycles. The van der Waals surface area contributed by atoms with E-state index in [1.165, 1.54) is 0 Å². The Morgan fingerprint density at radius 3 is 3.15 bits per heavy atom. The van der Waals surface area contributed by atoms with Crippen LogP contribution < -0.4 is 5.73 Å². The maximum absolute atomic E-state index is 5.43. The van der Waals surface area contributed by atoms with E-state index in [9.17, 15) is 0 Å². The van der Waals surface area contributed by atoms with Crippen LogP contribution in [0.25, 0.3) is 0 Å². The number of nitrogens with zero attached hydrogens (tertiary/aromatic N) is 2. The molecule has 2 N–H and O–H groups in total. The van der Waals surface area contributed by atoms with Crippen LogP contribution >= 0.6 is 0 Å². The van der Waals surface area contributed by atoms with Gasteiger partial charge < -0.3 is 15.0 Å². The first-order chi connectivity index (χ1) is 6.38. The first kappa shape index (κ1) is 10.2. The minimum absolute atomic E-state index is 0.591. The number of aryl methyl sites for hydroxylation is 1. The topological polar surface area (TPSA) is 53.1 Å². The van der Waals surface area contributed by atoms with Gasteiger partial charge in [-0.3, -0.25) is 0 Å². The highest BCUT2D eigenvalue weighted by Gasteiger charge is 2.00. The minimum atomic E-state index is 0.591. The Labute approximate surface area is 78.7 Å². The molecule has 0 radical (unpaired) electrons. The Bertz CT molecular complexity index is 212. The summed E-state index contributed by atoms with van der Waals surface area (Å²) in [5.41, 5.74) is 5.43. The Kier molecular flexibility index (Phi) is 4.49. The van der Waals surface area contributed by atoms with Crippen molar-refractivity contribution in [2.75, 3.05) is 13.2 Å². The fraction of sp³-hybridized carbons (Fsp3) is 0.667. The molecule has 0 spiro atoms. The SMILES string of the molecule is CCOCc1nccn1CCCN. The summed E-state index contributed by atoms with van der Waals surface area (Å²) in [6.45, 7) is 4.94. The number of hydrogen-bond donors (Lipinski definition) is 1. The molecule has 0 fully saturated rings. The molecule has 1 rings (SSSR count). The van der Waals surface area contributed by atoms with Gasteiger partial charge >= 0.3 is 0 Å². The Balaban J connectivity index is 2.45. The number of hydrogen-bond acceptors (Lipinski definition) is 3. The third-order valence-electron chi connectivity index (χ3n) is 1.84. The van der Waals surface area contributed by atoms with Gasteiger partial charge in [-0.15, -0.1) is 0 Å². The van der Waals surface area contributed by atoms with Crippen molar-refractivity contribution >= 4 is 0 Å². The lowest BCUT2D eigenvalue weighted by Crippen LogP contribution is -2.09. The average molecular weight is 183 g/mol. The van der Waals surface area contributed by atoms with Gasteiger partial charge in [0.25, 0.3) is 0 Å². The second-order valence-electron chi connectivity index (χ2n) is 2.82. The molecule has 0 aliphatic heterocycles. The Morgan fingerprint density at radius 1 is 1.62 bits per heavy atom. The van der Waals surface area contributed by atoms with Gasteiger partial charge in [0.1, 0.15) is 12.4 Å². The van der Waals surface area contributed by atoms with Gasteiger partial charge in [-0.25, -0.2) is 4.98 Å². The smallest absolute Gasteiger partial charge is 0.134 e. The summed E-state index contributed by atoms with van der Waals surface area (Å²) in [4.78, 5) is 4.20. The zero-order valence-electron chi connectivity index (χ0n) is 8.07.